The Labute approximate surface area is 118 Å². The second-order valence-corrected chi connectivity index (χ2v) is 6.81. The molecule has 0 spiro atoms. The molecule has 0 saturated heterocycles. The molecule has 0 aliphatic rings. The van der Waals surface area contributed by atoms with Crippen LogP contribution in [0.5, 0.6) is 0 Å². The standard InChI is InChI=1S/C12H17ClN2O3S/c1-4-7-14-12(16)9-5-6-10(15(2)3)11(8-9)19(13,17)18/h5-6,8H,4,7H2,1-3H3,(H,14,16). The van der Waals surface area contributed by atoms with Gasteiger partial charge in [0.25, 0.3) is 15.0 Å². The average molecular weight is 305 g/mol. The summed E-state index contributed by atoms with van der Waals surface area (Å²) in [5, 5.41) is 2.69. The summed E-state index contributed by atoms with van der Waals surface area (Å²) in [6.07, 6.45) is 0.808. The Balaban J connectivity index is 3.23. The Morgan fingerprint density at radius 1 is 1.37 bits per heavy atom. The van der Waals surface area contributed by atoms with Crippen LogP contribution in [0.3, 0.4) is 0 Å². The lowest BCUT2D eigenvalue weighted by atomic mass is 10.2. The number of hydrogen-bond donors (Lipinski definition) is 1. The molecule has 1 N–H and O–H groups in total. The lowest BCUT2D eigenvalue weighted by Crippen LogP contribution is -2.24. The van der Waals surface area contributed by atoms with Crippen molar-refractivity contribution in [2.24, 2.45) is 0 Å². The fourth-order valence-corrected chi connectivity index (χ4v) is 2.70. The van der Waals surface area contributed by atoms with E-state index in [2.05, 4.69) is 5.32 Å². The summed E-state index contributed by atoms with van der Waals surface area (Å²) in [5.41, 5.74) is 0.723. The van der Waals surface area contributed by atoms with E-state index in [0.717, 1.165) is 6.42 Å². The molecular weight excluding hydrogens is 288 g/mol. The van der Waals surface area contributed by atoms with Crippen LogP contribution in [-0.2, 0) is 9.05 Å². The van der Waals surface area contributed by atoms with Gasteiger partial charge in [-0.1, -0.05) is 6.92 Å². The van der Waals surface area contributed by atoms with E-state index >= 15 is 0 Å². The van der Waals surface area contributed by atoms with Gasteiger partial charge in [0.2, 0.25) is 0 Å². The van der Waals surface area contributed by atoms with Crippen molar-refractivity contribution in [2.75, 3.05) is 25.5 Å². The maximum absolute atomic E-state index is 11.8. The number of amides is 1. The van der Waals surface area contributed by atoms with Gasteiger partial charge in [-0.05, 0) is 24.6 Å². The smallest absolute Gasteiger partial charge is 0.263 e. The summed E-state index contributed by atoms with van der Waals surface area (Å²) in [5.74, 6) is -0.311. The van der Waals surface area contributed by atoms with Gasteiger partial charge in [0, 0.05) is 36.9 Å². The number of carbonyl (C=O) groups is 1. The first-order valence-electron chi connectivity index (χ1n) is 5.81. The fraction of sp³-hybridized carbons (Fsp3) is 0.417. The van der Waals surface area contributed by atoms with E-state index < -0.39 is 9.05 Å². The third-order valence-electron chi connectivity index (χ3n) is 2.50. The van der Waals surface area contributed by atoms with Crippen LogP contribution in [0.15, 0.2) is 23.1 Å². The van der Waals surface area contributed by atoms with Gasteiger partial charge < -0.3 is 10.2 Å². The number of nitrogens with one attached hydrogen (secondary N) is 1. The molecule has 0 fully saturated rings. The Kier molecular flexibility index (Phi) is 5.20. The molecule has 0 atom stereocenters. The van der Waals surface area contributed by atoms with Crippen LogP contribution in [0.2, 0.25) is 0 Å². The third-order valence-corrected chi connectivity index (χ3v) is 3.85. The molecule has 19 heavy (non-hydrogen) atoms. The Hall–Kier alpha value is -1.27. The van der Waals surface area contributed by atoms with E-state index in [9.17, 15) is 13.2 Å². The number of benzene rings is 1. The number of nitrogens with zero attached hydrogens (tertiary/aromatic N) is 1. The van der Waals surface area contributed by atoms with Crippen molar-refractivity contribution in [1.29, 1.82) is 0 Å². The van der Waals surface area contributed by atoms with E-state index in [1.807, 2.05) is 6.92 Å². The molecule has 0 saturated carbocycles. The monoisotopic (exact) mass is 304 g/mol. The minimum absolute atomic E-state index is 0.0664. The number of anilines is 1. The maximum Gasteiger partial charge on any atom is 0.263 e. The Morgan fingerprint density at radius 2 is 2.00 bits per heavy atom. The van der Waals surface area contributed by atoms with Crippen molar-refractivity contribution < 1.29 is 13.2 Å². The summed E-state index contributed by atoms with van der Waals surface area (Å²) in [6, 6.07) is 4.44. The maximum atomic E-state index is 11.8. The minimum atomic E-state index is -3.90. The van der Waals surface area contributed by atoms with Crippen LogP contribution in [0.25, 0.3) is 0 Å². The van der Waals surface area contributed by atoms with Crippen LogP contribution < -0.4 is 10.2 Å². The summed E-state index contributed by atoms with van der Waals surface area (Å²) >= 11 is 0. The van der Waals surface area contributed by atoms with Crippen LogP contribution in [0.1, 0.15) is 23.7 Å². The van der Waals surface area contributed by atoms with Gasteiger partial charge in [0.1, 0.15) is 4.90 Å². The lowest BCUT2D eigenvalue weighted by molar-refractivity contribution is 0.0953. The van der Waals surface area contributed by atoms with E-state index in [4.69, 9.17) is 10.7 Å². The van der Waals surface area contributed by atoms with Gasteiger partial charge >= 0.3 is 0 Å². The molecule has 0 radical (unpaired) electrons. The van der Waals surface area contributed by atoms with Gasteiger partial charge in [-0.25, -0.2) is 8.42 Å². The van der Waals surface area contributed by atoms with Crippen LogP contribution in [-0.4, -0.2) is 35.0 Å². The molecule has 1 amide bonds. The van der Waals surface area contributed by atoms with Gasteiger partial charge in [-0.3, -0.25) is 4.79 Å². The molecule has 0 aliphatic heterocycles. The van der Waals surface area contributed by atoms with E-state index in [0.29, 0.717) is 12.2 Å². The molecule has 0 heterocycles. The molecule has 106 valence electrons. The van der Waals surface area contributed by atoms with Crippen LogP contribution in [0, 0.1) is 0 Å². The van der Waals surface area contributed by atoms with Gasteiger partial charge in [0.15, 0.2) is 0 Å². The molecule has 7 heteroatoms. The van der Waals surface area contributed by atoms with Crippen molar-refractivity contribution in [2.45, 2.75) is 18.2 Å². The summed E-state index contributed by atoms with van der Waals surface area (Å²) in [7, 11) is 4.91. The van der Waals surface area contributed by atoms with Crippen molar-refractivity contribution in [3.05, 3.63) is 23.8 Å². The molecule has 0 unspecified atom stereocenters. The zero-order valence-electron chi connectivity index (χ0n) is 11.1. The van der Waals surface area contributed by atoms with Crippen molar-refractivity contribution in [3.63, 3.8) is 0 Å². The van der Waals surface area contributed by atoms with Crippen molar-refractivity contribution in [3.8, 4) is 0 Å². The van der Waals surface area contributed by atoms with Crippen molar-refractivity contribution in [1.82, 2.24) is 5.32 Å². The van der Waals surface area contributed by atoms with E-state index in [-0.39, 0.29) is 16.4 Å². The highest BCUT2D eigenvalue weighted by atomic mass is 35.7. The van der Waals surface area contributed by atoms with Gasteiger partial charge in [-0.2, -0.15) is 0 Å². The summed E-state index contributed by atoms with van der Waals surface area (Å²) in [6.45, 7) is 2.47. The number of halogens is 1. The molecule has 1 rings (SSSR count). The van der Waals surface area contributed by atoms with E-state index in [1.54, 1.807) is 31.1 Å². The first-order chi connectivity index (χ1) is 8.77. The SMILES string of the molecule is CCCNC(=O)c1ccc(N(C)C)c(S(=O)(=O)Cl)c1. The zero-order chi connectivity index (χ0) is 14.6. The molecule has 0 aliphatic carbocycles. The van der Waals surface area contributed by atoms with Crippen molar-refractivity contribution >= 4 is 31.3 Å². The van der Waals surface area contributed by atoms with Gasteiger partial charge in [0.05, 0.1) is 5.69 Å². The first kappa shape index (κ1) is 15.8. The van der Waals surface area contributed by atoms with Crippen LogP contribution >= 0.6 is 10.7 Å². The quantitative estimate of drug-likeness (QED) is 0.843. The van der Waals surface area contributed by atoms with Gasteiger partial charge in [-0.15, -0.1) is 0 Å². The second kappa shape index (κ2) is 6.25. The Morgan fingerprint density at radius 3 is 2.47 bits per heavy atom. The topological polar surface area (TPSA) is 66.5 Å². The molecule has 0 aromatic heterocycles. The number of hydrogen-bond acceptors (Lipinski definition) is 4. The zero-order valence-corrected chi connectivity index (χ0v) is 12.7. The summed E-state index contributed by atoms with van der Waals surface area (Å²) < 4.78 is 23.1. The fourth-order valence-electron chi connectivity index (χ4n) is 1.56. The highest BCUT2D eigenvalue weighted by Gasteiger charge is 2.19. The molecule has 1 aromatic rings. The predicted octanol–water partition coefficient (Wildman–Crippen LogP) is 1.82. The second-order valence-electron chi connectivity index (χ2n) is 4.27. The highest BCUT2D eigenvalue weighted by molar-refractivity contribution is 8.13. The summed E-state index contributed by atoms with van der Waals surface area (Å²) in [4.78, 5) is 13.4. The normalized spacial score (nSPS) is 11.2. The first-order valence-corrected chi connectivity index (χ1v) is 8.12. The van der Waals surface area contributed by atoms with Crippen LogP contribution in [0.4, 0.5) is 5.69 Å². The highest BCUT2D eigenvalue weighted by Crippen LogP contribution is 2.27. The molecule has 5 nitrogen and oxygen atoms in total. The lowest BCUT2D eigenvalue weighted by Gasteiger charge is -2.16. The molecule has 0 bridgehead atoms. The van der Waals surface area contributed by atoms with E-state index in [1.165, 1.54) is 6.07 Å². The third kappa shape index (κ3) is 4.11. The predicted molar refractivity (Wildman–Crippen MR) is 76.4 cm³/mol. The minimum Gasteiger partial charge on any atom is -0.377 e. The number of rotatable bonds is 5. The molecule has 1 aromatic carbocycles. The average Bonchev–Trinajstić information content (AvgIpc) is 2.34. The number of carbonyl (C=O) groups excluding carboxylic acids is 1. The largest absolute Gasteiger partial charge is 0.377 e. The Bertz CT molecular complexity index is 570. The molecular formula is C12H17ClN2O3S.